The van der Waals surface area contributed by atoms with Crippen molar-refractivity contribution in [2.75, 3.05) is 0 Å². The first-order chi connectivity index (χ1) is 8.22. The van der Waals surface area contributed by atoms with Crippen molar-refractivity contribution in [3.8, 4) is 0 Å². The summed E-state index contributed by atoms with van der Waals surface area (Å²) in [4.78, 5) is 0. The van der Waals surface area contributed by atoms with Gasteiger partial charge in [-0.2, -0.15) is 0 Å². The summed E-state index contributed by atoms with van der Waals surface area (Å²) in [5.41, 5.74) is 7.33. The fraction of sp³-hybridized carbons (Fsp3) is 0.733. The molecule has 2 nitrogen and oxygen atoms in total. The number of hydrogen-bond acceptors (Lipinski definition) is 1. The molecule has 2 fully saturated rings. The fourth-order valence-corrected chi connectivity index (χ4v) is 4.00. The molecule has 17 heavy (non-hydrogen) atoms. The molecule has 0 aromatic carbocycles. The van der Waals surface area contributed by atoms with Gasteiger partial charge in [0.25, 0.3) is 0 Å². The number of hydrogen-bond donors (Lipinski definition) is 1. The van der Waals surface area contributed by atoms with Crippen LogP contribution in [0.2, 0.25) is 0 Å². The van der Waals surface area contributed by atoms with Gasteiger partial charge in [-0.25, -0.2) is 0 Å². The summed E-state index contributed by atoms with van der Waals surface area (Å²) in [6.07, 6.45) is 9.21. The van der Waals surface area contributed by atoms with E-state index in [2.05, 4.69) is 29.8 Å². The molecule has 2 aliphatic rings. The smallest absolute Gasteiger partial charge is 0.0253 e. The second-order valence-corrected chi connectivity index (χ2v) is 6.27. The number of fused-ring (bicyclic) bond motifs is 2. The number of nitrogens with two attached hydrogens (primary N) is 1. The molecule has 0 aliphatic heterocycles. The van der Waals surface area contributed by atoms with Gasteiger partial charge >= 0.3 is 0 Å². The molecule has 3 rings (SSSR count). The van der Waals surface area contributed by atoms with Crippen molar-refractivity contribution < 1.29 is 0 Å². The summed E-state index contributed by atoms with van der Waals surface area (Å²) in [6, 6.07) is 4.67. The Bertz CT molecular complexity index is 380. The predicted octanol–water partition coefficient (Wildman–Crippen LogP) is 2.81. The zero-order chi connectivity index (χ0) is 11.8. The molecule has 2 bridgehead atoms. The average Bonchev–Trinajstić information content (AvgIpc) is 2.95. The van der Waals surface area contributed by atoms with E-state index in [1.54, 1.807) is 0 Å². The van der Waals surface area contributed by atoms with E-state index in [0.29, 0.717) is 0 Å². The van der Waals surface area contributed by atoms with Crippen LogP contribution < -0.4 is 5.73 Å². The van der Waals surface area contributed by atoms with Crippen LogP contribution in [-0.2, 0) is 13.0 Å². The molecule has 2 aliphatic carbocycles. The van der Waals surface area contributed by atoms with Crippen LogP contribution in [0.5, 0.6) is 0 Å². The topological polar surface area (TPSA) is 30.9 Å². The maximum atomic E-state index is 5.91. The van der Waals surface area contributed by atoms with E-state index in [1.165, 1.54) is 37.9 Å². The Morgan fingerprint density at radius 3 is 2.94 bits per heavy atom. The molecule has 0 amide bonds. The molecule has 4 unspecified atom stereocenters. The van der Waals surface area contributed by atoms with Crippen LogP contribution in [0, 0.1) is 17.8 Å². The standard InChI is InChI=1S/C15H24N2/c1-11(16)7-15-3-2-6-17(15)10-14-9-12-4-5-13(14)8-12/h2-3,6,11-14H,4-5,7-10,16H2,1H3. The third-order valence-electron chi connectivity index (χ3n) is 4.77. The summed E-state index contributed by atoms with van der Waals surface area (Å²) in [5, 5.41) is 0. The van der Waals surface area contributed by atoms with E-state index in [4.69, 9.17) is 5.73 Å². The van der Waals surface area contributed by atoms with Gasteiger partial charge in [-0.15, -0.1) is 0 Å². The molecule has 1 aromatic rings. The molecule has 0 radical (unpaired) electrons. The Labute approximate surface area is 104 Å². The Morgan fingerprint density at radius 1 is 1.41 bits per heavy atom. The molecule has 2 N–H and O–H groups in total. The van der Waals surface area contributed by atoms with Crippen molar-refractivity contribution in [2.45, 2.75) is 51.6 Å². The average molecular weight is 232 g/mol. The van der Waals surface area contributed by atoms with Gasteiger partial charge in [-0.3, -0.25) is 0 Å². The molecular formula is C15H24N2. The van der Waals surface area contributed by atoms with E-state index < -0.39 is 0 Å². The van der Waals surface area contributed by atoms with Gasteiger partial charge in [0.1, 0.15) is 0 Å². The third-order valence-corrected chi connectivity index (χ3v) is 4.77. The summed E-state index contributed by atoms with van der Waals surface area (Å²) < 4.78 is 2.45. The van der Waals surface area contributed by atoms with Crippen molar-refractivity contribution in [3.05, 3.63) is 24.0 Å². The molecule has 2 heteroatoms. The second-order valence-electron chi connectivity index (χ2n) is 6.27. The van der Waals surface area contributed by atoms with Gasteiger partial charge in [0.2, 0.25) is 0 Å². The quantitative estimate of drug-likeness (QED) is 0.850. The normalized spacial score (nSPS) is 33.2. The number of aromatic nitrogens is 1. The first kappa shape index (κ1) is 11.3. The van der Waals surface area contributed by atoms with Crippen LogP contribution in [0.1, 0.15) is 38.3 Å². The SMILES string of the molecule is CC(N)Cc1cccn1CC1CC2CCC1C2. The maximum absolute atomic E-state index is 5.91. The highest BCUT2D eigenvalue weighted by Gasteiger charge is 2.39. The Balaban J connectivity index is 1.67. The van der Waals surface area contributed by atoms with E-state index in [-0.39, 0.29) is 6.04 Å². The molecule has 4 atom stereocenters. The van der Waals surface area contributed by atoms with Gasteiger partial charge in [-0.1, -0.05) is 6.42 Å². The highest BCUT2D eigenvalue weighted by Crippen LogP contribution is 2.48. The summed E-state index contributed by atoms with van der Waals surface area (Å²) in [7, 11) is 0. The van der Waals surface area contributed by atoms with Crippen molar-refractivity contribution in [3.63, 3.8) is 0 Å². The lowest BCUT2D eigenvalue weighted by molar-refractivity contribution is 0.293. The van der Waals surface area contributed by atoms with Gasteiger partial charge < -0.3 is 10.3 Å². The Hall–Kier alpha value is -0.760. The largest absolute Gasteiger partial charge is 0.351 e. The number of nitrogens with zero attached hydrogens (tertiary/aromatic N) is 1. The number of rotatable bonds is 4. The van der Waals surface area contributed by atoms with Gasteiger partial charge in [0, 0.05) is 30.9 Å². The lowest BCUT2D eigenvalue weighted by atomic mass is 9.89. The molecule has 0 saturated heterocycles. The zero-order valence-electron chi connectivity index (χ0n) is 10.8. The van der Waals surface area contributed by atoms with Crippen LogP contribution in [-0.4, -0.2) is 10.6 Å². The minimum Gasteiger partial charge on any atom is -0.351 e. The Morgan fingerprint density at radius 2 is 2.29 bits per heavy atom. The van der Waals surface area contributed by atoms with Crippen LogP contribution in [0.15, 0.2) is 18.3 Å². The minimum absolute atomic E-state index is 0.267. The maximum Gasteiger partial charge on any atom is 0.0253 e. The molecule has 1 heterocycles. The third kappa shape index (κ3) is 2.28. The highest BCUT2D eigenvalue weighted by molar-refractivity contribution is 5.09. The van der Waals surface area contributed by atoms with Crippen molar-refractivity contribution in [1.29, 1.82) is 0 Å². The first-order valence-corrected chi connectivity index (χ1v) is 7.12. The minimum atomic E-state index is 0.267. The van der Waals surface area contributed by atoms with E-state index in [1.807, 2.05) is 0 Å². The van der Waals surface area contributed by atoms with Crippen LogP contribution >= 0.6 is 0 Å². The van der Waals surface area contributed by atoms with Gasteiger partial charge in [-0.05, 0) is 56.1 Å². The van der Waals surface area contributed by atoms with E-state index in [9.17, 15) is 0 Å². The van der Waals surface area contributed by atoms with Crippen LogP contribution in [0.25, 0.3) is 0 Å². The zero-order valence-corrected chi connectivity index (χ0v) is 10.8. The molecule has 1 aromatic heterocycles. The highest BCUT2D eigenvalue weighted by atomic mass is 15.0. The lowest BCUT2D eigenvalue weighted by Gasteiger charge is -2.23. The fourth-order valence-electron chi connectivity index (χ4n) is 4.00. The van der Waals surface area contributed by atoms with E-state index in [0.717, 1.165) is 24.2 Å². The van der Waals surface area contributed by atoms with Gasteiger partial charge in [0.15, 0.2) is 0 Å². The Kier molecular flexibility index (Phi) is 2.99. The molecular weight excluding hydrogens is 208 g/mol. The second kappa shape index (κ2) is 4.49. The van der Waals surface area contributed by atoms with Crippen molar-refractivity contribution in [1.82, 2.24) is 4.57 Å². The summed E-state index contributed by atoms with van der Waals surface area (Å²) >= 11 is 0. The molecule has 0 spiro atoms. The first-order valence-electron chi connectivity index (χ1n) is 7.12. The monoisotopic (exact) mass is 232 g/mol. The van der Waals surface area contributed by atoms with Crippen LogP contribution in [0.4, 0.5) is 0 Å². The lowest BCUT2D eigenvalue weighted by Crippen LogP contribution is -2.22. The predicted molar refractivity (Wildman–Crippen MR) is 70.7 cm³/mol. The van der Waals surface area contributed by atoms with E-state index >= 15 is 0 Å². The summed E-state index contributed by atoms with van der Waals surface area (Å²) in [5.74, 6) is 3.01. The van der Waals surface area contributed by atoms with Crippen LogP contribution in [0.3, 0.4) is 0 Å². The van der Waals surface area contributed by atoms with Crippen molar-refractivity contribution >= 4 is 0 Å². The summed E-state index contributed by atoms with van der Waals surface area (Å²) in [6.45, 7) is 3.32. The molecule has 94 valence electrons. The van der Waals surface area contributed by atoms with Gasteiger partial charge in [0.05, 0.1) is 0 Å². The molecule has 2 saturated carbocycles. The van der Waals surface area contributed by atoms with Crippen molar-refractivity contribution in [2.24, 2.45) is 23.5 Å².